The molecule has 1 aromatic carbocycles. The van der Waals surface area contributed by atoms with Gasteiger partial charge in [0.15, 0.2) is 0 Å². The van der Waals surface area contributed by atoms with E-state index >= 15 is 0 Å². The van der Waals surface area contributed by atoms with Gasteiger partial charge in [-0.15, -0.1) is 0 Å². The second-order valence-electron chi connectivity index (χ2n) is 8.06. The van der Waals surface area contributed by atoms with Gasteiger partial charge in [0.05, 0.1) is 0 Å². The van der Waals surface area contributed by atoms with Crippen LogP contribution in [-0.4, -0.2) is 35.6 Å². The predicted molar refractivity (Wildman–Crippen MR) is 122 cm³/mol. The van der Waals surface area contributed by atoms with Crippen LogP contribution in [0.15, 0.2) is 42.6 Å². The molecule has 1 aliphatic heterocycles. The lowest BCUT2D eigenvalue weighted by atomic mass is 10.1. The Morgan fingerprint density at radius 2 is 1.87 bits per heavy atom. The van der Waals surface area contributed by atoms with Crippen molar-refractivity contribution in [2.45, 2.75) is 45.6 Å². The Balaban J connectivity index is 1.23. The first kappa shape index (κ1) is 20.3. The number of hydrogen-bond donors (Lipinski definition) is 3. The third kappa shape index (κ3) is 4.93. The van der Waals surface area contributed by atoms with E-state index in [9.17, 15) is 4.79 Å². The Kier molecular flexibility index (Phi) is 6.52. The van der Waals surface area contributed by atoms with Crippen molar-refractivity contribution in [3.05, 3.63) is 59.4 Å². The average Bonchev–Trinajstić information content (AvgIpc) is 2.93. The Labute approximate surface area is 178 Å². The molecule has 0 atom stereocenters. The molecule has 3 heterocycles. The minimum Gasteiger partial charge on any atom is -0.358 e. The second-order valence-corrected chi connectivity index (χ2v) is 8.06. The number of carbonyl (C=O) groups is 1. The summed E-state index contributed by atoms with van der Waals surface area (Å²) in [4.78, 5) is 22.6. The van der Waals surface area contributed by atoms with Crippen LogP contribution < -0.4 is 15.5 Å². The minimum atomic E-state index is -0.149. The van der Waals surface area contributed by atoms with Gasteiger partial charge in [0.1, 0.15) is 5.82 Å². The van der Waals surface area contributed by atoms with E-state index in [1.807, 2.05) is 18.3 Å². The summed E-state index contributed by atoms with van der Waals surface area (Å²) in [6.45, 7) is 5.33. The Bertz CT molecular complexity index is 971. The first-order valence-electron chi connectivity index (χ1n) is 11.0. The molecule has 0 saturated carbocycles. The highest BCUT2D eigenvalue weighted by atomic mass is 16.2. The lowest BCUT2D eigenvalue weighted by molar-refractivity contribution is 0.240. The molecule has 0 aliphatic carbocycles. The number of hydrogen-bond acceptors (Lipinski definition) is 3. The van der Waals surface area contributed by atoms with Crippen molar-refractivity contribution in [2.24, 2.45) is 0 Å². The van der Waals surface area contributed by atoms with Gasteiger partial charge in [-0.05, 0) is 49.4 Å². The highest BCUT2D eigenvalue weighted by Gasteiger charge is 2.11. The SMILES string of the molecule is Cc1[nH]c2ccccc2c1CCNC(=O)NCc1ccc(N2CCCCCC2)nc1. The largest absolute Gasteiger partial charge is 0.358 e. The quantitative estimate of drug-likeness (QED) is 0.573. The Morgan fingerprint density at radius 1 is 1.07 bits per heavy atom. The maximum absolute atomic E-state index is 12.2. The van der Waals surface area contributed by atoms with E-state index in [1.54, 1.807) is 0 Å². The van der Waals surface area contributed by atoms with E-state index in [4.69, 9.17) is 0 Å². The van der Waals surface area contributed by atoms with Crippen molar-refractivity contribution in [1.82, 2.24) is 20.6 Å². The van der Waals surface area contributed by atoms with E-state index < -0.39 is 0 Å². The summed E-state index contributed by atoms with van der Waals surface area (Å²) in [6.07, 6.45) is 7.78. The number of aromatic nitrogens is 2. The zero-order chi connectivity index (χ0) is 20.8. The van der Waals surface area contributed by atoms with Crippen LogP contribution >= 0.6 is 0 Å². The highest BCUT2D eigenvalue weighted by Crippen LogP contribution is 2.22. The topological polar surface area (TPSA) is 73.1 Å². The van der Waals surface area contributed by atoms with Crippen LogP contribution in [-0.2, 0) is 13.0 Å². The summed E-state index contributed by atoms with van der Waals surface area (Å²) in [7, 11) is 0. The minimum absolute atomic E-state index is 0.149. The highest BCUT2D eigenvalue weighted by molar-refractivity contribution is 5.84. The van der Waals surface area contributed by atoms with Gasteiger partial charge in [0.25, 0.3) is 0 Å². The number of urea groups is 1. The monoisotopic (exact) mass is 405 g/mol. The number of H-pyrrole nitrogens is 1. The Hall–Kier alpha value is -3.02. The molecular formula is C24H31N5O. The zero-order valence-electron chi connectivity index (χ0n) is 17.7. The molecule has 3 N–H and O–H groups in total. The third-order valence-electron chi connectivity index (χ3n) is 5.88. The van der Waals surface area contributed by atoms with Crippen LogP contribution in [0.5, 0.6) is 0 Å². The van der Waals surface area contributed by atoms with Gasteiger partial charge >= 0.3 is 6.03 Å². The zero-order valence-corrected chi connectivity index (χ0v) is 17.7. The van der Waals surface area contributed by atoms with Crippen molar-refractivity contribution < 1.29 is 4.79 Å². The van der Waals surface area contributed by atoms with Crippen LogP contribution in [0.4, 0.5) is 10.6 Å². The van der Waals surface area contributed by atoms with Crippen molar-refractivity contribution in [3.63, 3.8) is 0 Å². The van der Waals surface area contributed by atoms with Crippen molar-refractivity contribution in [3.8, 4) is 0 Å². The van der Waals surface area contributed by atoms with E-state index in [-0.39, 0.29) is 6.03 Å². The molecule has 0 spiro atoms. The molecule has 6 heteroatoms. The number of aryl methyl sites for hydroxylation is 1. The standard InChI is InChI=1S/C24H31N5O/c1-18-20(21-8-4-5-9-22(21)28-18)12-13-25-24(30)27-17-19-10-11-23(26-16-19)29-14-6-2-3-7-15-29/h4-5,8-11,16,28H,2-3,6-7,12-15,17H2,1H3,(H2,25,27,30). The van der Waals surface area contributed by atoms with Crippen molar-refractivity contribution in [2.75, 3.05) is 24.5 Å². The molecule has 0 radical (unpaired) electrons. The molecule has 0 unspecified atom stereocenters. The number of anilines is 1. The molecule has 1 fully saturated rings. The second kappa shape index (κ2) is 9.65. The van der Waals surface area contributed by atoms with Crippen molar-refractivity contribution in [1.29, 1.82) is 0 Å². The molecule has 3 aromatic rings. The average molecular weight is 406 g/mol. The fourth-order valence-corrected chi connectivity index (χ4v) is 4.21. The van der Waals surface area contributed by atoms with Gasteiger partial charge in [-0.2, -0.15) is 0 Å². The molecule has 4 rings (SSSR count). The van der Waals surface area contributed by atoms with Gasteiger partial charge in [0, 0.05) is 49.0 Å². The van der Waals surface area contributed by atoms with Crippen LogP contribution in [0, 0.1) is 6.92 Å². The van der Waals surface area contributed by atoms with E-state index in [0.717, 1.165) is 42.1 Å². The smallest absolute Gasteiger partial charge is 0.315 e. The number of carbonyl (C=O) groups excluding carboxylic acids is 1. The van der Waals surface area contributed by atoms with Crippen molar-refractivity contribution >= 4 is 22.8 Å². The summed E-state index contributed by atoms with van der Waals surface area (Å²) in [6, 6.07) is 12.3. The molecule has 6 nitrogen and oxygen atoms in total. The van der Waals surface area contributed by atoms with E-state index in [2.05, 4.69) is 56.7 Å². The maximum Gasteiger partial charge on any atom is 0.315 e. The number of amides is 2. The summed E-state index contributed by atoms with van der Waals surface area (Å²) < 4.78 is 0. The molecule has 30 heavy (non-hydrogen) atoms. The van der Waals surface area contributed by atoms with Crippen LogP contribution in [0.1, 0.15) is 42.5 Å². The number of benzene rings is 1. The third-order valence-corrected chi connectivity index (χ3v) is 5.88. The Morgan fingerprint density at radius 3 is 2.63 bits per heavy atom. The van der Waals surface area contributed by atoms with E-state index in [1.165, 1.54) is 36.6 Å². The number of nitrogens with zero attached hydrogens (tertiary/aromatic N) is 2. The first-order chi connectivity index (χ1) is 14.7. The molecular weight excluding hydrogens is 374 g/mol. The van der Waals surface area contributed by atoms with Gasteiger partial charge < -0.3 is 20.5 Å². The van der Waals surface area contributed by atoms with E-state index in [0.29, 0.717) is 13.1 Å². The first-order valence-corrected chi connectivity index (χ1v) is 11.0. The van der Waals surface area contributed by atoms with Gasteiger partial charge in [-0.25, -0.2) is 9.78 Å². The van der Waals surface area contributed by atoms with Crippen LogP contribution in [0.2, 0.25) is 0 Å². The van der Waals surface area contributed by atoms with Crippen LogP contribution in [0.3, 0.4) is 0 Å². The predicted octanol–water partition coefficient (Wildman–Crippen LogP) is 4.29. The molecule has 1 aliphatic rings. The number of rotatable bonds is 6. The lowest BCUT2D eigenvalue weighted by Gasteiger charge is -2.21. The van der Waals surface area contributed by atoms with Gasteiger partial charge in [-0.3, -0.25) is 0 Å². The summed E-state index contributed by atoms with van der Waals surface area (Å²) in [5.74, 6) is 1.04. The van der Waals surface area contributed by atoms with Gasteiger partial charge in [0.2, 0.25) is 0 Å². The summed E-state index contributed by atoms with van der Waals surface area (Å²) >= 11 is 0. The lowest BCUT2D eigenvalue weighted by Crippen LogP contribution is -2.36. The van der Waals surface area contributed by atoms with Crippen LogP contribution in [0.25, 0.3) is 10.9 Å². The number of fused-ring (bicyclic) bond motifs is 1. The maximum atomic E-state index is 12.2. The number of nitrogens with one attached hydrogen (secondary N) is 3. The van der Waals surface area contributed by atoms with Gasteiger partial charge in [-0.1, -0.05) is 37.1 Å². The number of para-hydroxylation sites is 1. The molecule has 2 aromatic heterocycles. The number of aromatic amines is 1. The number of pyridine rings is 1. The fourth-order valence-electron chi connectivity index (χ4n) is 4.21. The molecule has 2 amide bonds. The molecule has 0 bridgehead atoms. The fraction of sp³-hybridized carbons (Fsp3) is 0.417. The summed E-state index contributed by atoms with van der Waals surface area (Å²) in [5.41, 5.74) is 4.58. The summed E-state index contributed by atoms with van der Waals surface area (Å²) in [5, 5.41) is 7.12. The molecule has 1 saturated heterocycles. The normalized spacial score (nSPS) is 14.5. The molecule has 158 valence electrons.